The molecule has 31 heavy (non-hydrogen) atoms. The van der Waals surface area contributed by atoms with Gasteiger partial charge in [0, 0.05) is 21.8 Å². The van der Waals surface area contributed by atoms with Gasteiger partial charge in [-0.25, -0.2) is 4.98 Å². The lowest BCUT2D eigenvalue weighted by Crippen LogP contribution is -2.14. The highest BCUT2D eigenvalue weighted by Crippen LogP contribution is 2.30. The molecule has 1 N–H and O–H groups in total. The van der Waals surface area contributed by atoms with Gasteiger partial charge in [0.2, 0.25) is 5.89 Å². The molecule has 5 nitrogen and oxygen atoms in total. The van der Waals surface area contributed by atoms with Crippen LogP contribution >= 0.6 is 11.6 Å². The van der Waals surface area contributed by atoms with Gasteiger partial charge in [0.05, 0.1) is 18.4 Å². The molecule has 4 aromatic rings. The van der Waals surface area contributed by atoms with Crippen molar-refractivity contribution in [2.75, 3.05) is 11.9 Å². The Bertz CT molecular complexity index is 1220. The molecule has 0 aliphatic carbocycles. The number of anilines is 1. The number of oxazole rings is 1. The van der Waals surface area contributed by atoms with Crippen molar-refractivity contribution in [3.05, 3.63) is 89.1 Å². The number of rotatable bonds is 6. The molecule has 1 heterocycles. The normalized spacial score (nSPS) is 10.7. The maximum atomic E-state index is 13.0. The van der Waals surface area contributed by atoms with Crippen LogP contribution in [-0.4, -0.2) is 17.5 Å². The van der Waals surface area contributed by atoms with Crippen LogP contribution in [0.5, 0.6) is 5.75 Å². The largest absolute Gasteiger partial charge is 0.494 e. The first kappa shape index (κ1) is 20.7. The molecule has 6 heteroatoms. The molecule has 0 aliphatic rings. The lowest BCUT2D eigenvalue weighted by Gasteiger charge is -2.11. The van der Waals surface area contributed by atoms with Gasteiger partial charge in [0.25, 0.3) is 5.91 Å². The average molecular weight is 433 g/mol. The van der Waals surface area contributed by atoms with Crippen LogP contribution in [-0.2, 0) is 0 Å². The highest BCUT2D eigenvalue weighted by atomic mass is 35.5. The van der Waals surface area contributed by atoms with Crippen LogP contribution < -0.4 is 10.1 Å². The summed E-state index contributed by atoms with van der Waals surface area (Å²) in [5.41, 5.74) is 3.52. The van der Waals surface area contributed by atoms with E-state index in [0.29, 0.717) is 40.1 Å². The summed E-state index contributed by atoms with van der Waals surface area (Å²) in [6, 6.07) is 20.2. The molecule has 0 saturated heterocycles. The van der Waals surface area contributed by atoms with Crippen molar-refractivity contribution < 1.29 is 13.9 Å². The Morgan fingerprint density at radius 2 is 1.87 bits per heavy atom. The number of ether oxygens (including phenoxy) is 1. The third-order valence-electron chi connectivity index (χ3n) is 4.81. The lowest BCUT2D eigenvalue weighted by atomic mass is 10.1. The Morgan fingerprint density at radius 3 is 2.65 bits per heavy atom. The van der Waals surface area contributed by atoms with Crippen molar-refractivity contribution in [1.29, 1.82) is 0 Å². The number of carbonyl (C=O) groups excluding carboxylic acids is 1. The number of halogens is 1. The molecule has 0 bridgehead atoms. The van der Waals surface area contributed by atoms with Gasteiger partial charge in [-0.1, -0.05) is 29.8 Å². The van der Waals surface area contributed by atoms with Crippen LogP contribution in [0.25, 0.3) is 22.8 Å². The fourth-order valence-corrected chi connectivity index (χ4v) is 3.37. The summed E-state index contributed by atoms with van der Waals surface area (Å²) in [5.74, 6) is 1.52. The molecule has 4 rings (SSSR count). The lowest BCUT2D eigenvalue weighted by molar-refractivity contribution is 0.102. The fraction of sp³-hybridized carbons (Fsp3) is 0.120. The Balaban J connectivity index is 1.61. The molecular weight excluding hydrogens is 412 g/mol. The predicted molar refractivity (Wildman–Crippen MR) is 123 cm³/mol. The van der Waals surface area contributed by atoms with E-state index in [1.54, 1.807) is 30.5 Å². The van der Waals surface area contributed by atoms with Gasteiger partial charge < -0.3 is 14.5 Å². The van der Waals surface area contributed by atoms with Crippen LogP contribution in [0.4, 0.5) is 5.69 Å². The maximum absolute atomic E-state index is 13.0. The van der Waals surface area contributed by atoms with Crippen LogP contribution in [0.15, 0.2) is 77.3 Å². The van der Waals surface area contributed by atoms with E-state index >= 15 is 0 Å². The van der Waals surface area contributed by atoms with Crippen LogP contribution in [0.2, 0.25) is 5.02 Å². The predicted octanol–water partition coefficient (Wildman–Crippen LogP) is 6.62. The minimum absolute atomic E-state index is 0.262. The van der Waals surface area contributed by atoms with Gasteiger partial charge in [-0.15, -0.1) is 0 Å². The topological polar surface area (TPSA) is 64.4 Å². The zero-order valence-corrected chi connectivity index (χ0v) is 17.9. The van der Waals surface area contributed by atoms with Crippen molar-refractivity contribution in [3.8, 4) is 28.5 Å². The van der Waals surface area contributed by atoms with E-state index in [1.165, 1.54) is 0 Å². The number of benzene rings is 3. The third-order valence-corrected chi connectivity index (χ3v) is 5.04. The molecule has 1 aromatic heterocycles. The number of aromatic nitrogens is 1. The summed E-state index contributed by atoms with van der Waals surface area (Å²) in [5, 5.41) is 3.48. The van der Waals surface area contributed by atoms with Crippen molar-refractivity contribution in [3.63, 3.8) is 0 Å². The molecule has 0 spiro atoms. The number of amides is 1. The van der Waals surface area contributed by atoms with Crippen molar-refractivity contribution >= 4 is 23.2 Å². The number of nitrogens with one attached hydrogen (secondary N) is 1. The van der Waals surface area contributed by atoms with E-state index in [2.05, 4.69) is 10.3 Å². The Morgan fingerprint density at radius 1 is 1.10 bits per heavy atom. The van der Waals surface area contributed by atoms with E-state index in [9.17, 15) is 4.79 Å². The molecule has 156 valence electrons. The summed E-state index contributed by atoms with van der Waals surface area (Å²) < 4.78 is 11.5. The minimum atomic E-state index is -0.262. The Labute approximate surface area is 185 Å². The van der Waals surface area contributed by atoms with E-state index in [0.717, 1.165) is 16.9 Å². The number of nitrogens with zero attached hydrogens (tertiary/aromatic N) is 1. The molecule has 0 aliphatic heterocycles. The molecule has 1 amide bonds. The van der Waals surface area contributed by atoms with E-state index in [4.69, 9.17) is 20.8 Å². The Kier molecular flexibility index (Phi) is 6.05. The maximum Gasteiger partial charge on any atom is 0.256 e. The molecule has 0 fully saturated rings. The summed E-state index contributed by atoms with van der Waals surface area (Å²) in [6.45, 7) is 4.46. The standard InChI is InChI=1S/C25H21ClN2O3/c1-3-30-19-12-9-17(10-13-19)23-15-27-25(31-23)21-7-5-4-6-20(21)24(29)28-22-14-18(26)11-8-16(22)2/h4-15H,3H2,1-2H3,(H,28,29). The highest BCUT2D eigenvalue weighted by Gasteiger charge is 2.18. The summed E-state index contributed by atoms with van der Waals surface area (Å²) in [7, 11) is 0. The second kappa shape index (κ2) is 9.06. The summed E-state index contributed by atoms with van der Waals surface area (Å²) in [6.07, 6.45) is 1.65. The first-order valence-electron chi connectivity index (χ1n) is 9.91. The van der Waals surface area contributed by atoms with Gasteiger partial charge in [-0.3, -0.25) is 4.79 Å². The second-order valence-corrected chi connectivity index (χ2v) is 7.38. The number of aryl methyl sites for hydroxylation is 1. The van der Waals surface area contributed by atoms with Crippen LogP contribution in [0.1, 0.15) is 22.8 Å². The molecule has 0 radical (unpaired) electrons. The van der Waals surface area contributed by atoms with E-state index in [-0.39, 0.29) is 5.91 Å². The molecular formula is C25H21ClN2O3. The average Bonchev–Trinajstić information content (AvgIpc) is 3.27. The van der Waals surface area contributed by atoms with Crippen molar-refractivity contribution in [2.24, 2.45) is 0 Å². The van der Waals surface area contributed by atoms with Gasteiger partial charge >= 0.3 is 0 Å². The molecule has 3 aromatic carbocycles. The number of hydrogen-bond donors (Lipinski definition) is 1. The zero-order chi connectivity index (χ0) is 21.8. The van der Waals surface area contributed by atoms with Crippen molar-refractivity contribution in [1.82, 2.24) is 4.98 Å². The van der Waals surface area contributed by atoms with Gasteiger partial charge in [0.15, 0.2) is 5.76 Å². The van der Waals surface area contributed by atoms with Gasteiger partial charge in [0.1, 0.15) is 5.75 Å². The van der Waals surface area contributed by atoms with Gasteiger partial charge in [-0.05, 0) is 67.9 Å². The van der Waals surface area contributed by atoms with Crippen molar-refractivity contribution in [2.45, 2.75) is 13.8 Å². The first-order valence-corrected chi connectivity index (χ1v) is 10.3. The van der Waals surface area contributed by atoms with Crippen LogP contribution in [0, 0.1) is 6.92 Å². The minimum Gasteiger partial charge on any atom is -0.494 e. The van der Waals surface area contributed by atoms with Crippen LogP contribution in [0.3, 0.4) is 0 Å². The fourth-order valence-electron chi connectivity index (χ4n) is 3.20. The highest BCUT2D eigenvalue weighted by molar-refractivity contribution is 6.31. The van der Waals surface area contributed by atoms with E-state index < -0.39 is 0 Å². The summed E-state index contributed by atoms with van der Waals surface area (Å²) >= 11 is 6.08. The van der Waals surface area contributed by atoms with Gasteiger partial charge in [-0.2, -0.15) is 0 Å². The number of hydrogen-bond acceptors (Lipinski definition) is 4. The van der Waals surface area contributed by atoms with E-state index in [1.807, 2.05) is 56.3 Å². The monoisotopic (exact) mass is 432 g/mol. The first-order chi connectivity index (χ1) is 15.0. The second-order valence-electron chi connectivity index (χ2n) is 6.95. The third kappa shape index (κ3) is 4.62. The number of carbonyl (C=O) groups is 1. The SMILES string of the molecule is CCOc1ccc(-c2cnc(-c3ccccc3C(=O)Nc3cc(Cl)ccc3C)o2)cc1. The smallest absolute Gasteiger partial charge is 0.256 e. The Hall–Kier alpha value is -3.57. The molecule has 0 atom stereocenters. The zero-order valence-electron chi connectivity index (χ0n) is 17.2. The summed E-state index contributed by atoms with van der Waals surface area (Å²) in [4.78, 5) is 17.4. The molecule has 0 unspecified atom stereocenters. The quantitative estimate of drug-likeness (QED) is 0.371. The molecule has 0 saturated carbocycles.